The lowest BCUT2D eigenvalue weighted by molar-refractivity contribution is -0.146. The average Bonchev–Trinajstić information content (AvgIpc) is 2.06. The highest BCUT2D eigenvalue weighted by atomic mass is 16.4. The first-order valence-electron chi connectivity index (χ1n) is 5.75. The summed E-state index contributed by atoms with van der Waals surface area (Å²) in [5.41, 5.74) is -0.0555. The van der Waals surface area contributed by atoms with E-state index in [0.717, 1.165) is 0 Å². The van der Waals surface area contributed by atoms with Crippen molar-refractivity contribution in [3.63, 3.8) is 0 Å². The number of carbonyl (C=O) groups is 2. The summed E-state index contributed by atoms with van der Waals surface area (Å²) in [4.78, 5) is 22.4. The maximum Gasteiger partial charge on any atom is 0.306 e. The van der Waals surface area contributed by atoms with Crippen LogP contribution < -0.4 is 5.32 Å². The summed E-state index contributed by atoms with van der Waals surface area (Å²) in [5.74, 6) is -1.05. The van der Waals surface area contributed by atoms with Gasteiger partial charge in [0.2, 0.25) is 5.91 Å². The zero-order valence-corrected chi connectivity index (χ0v) is 10.4. The molecule has 1 unspecified atom stereocenters. The molecule has 0 aliphatic heterocycles. The number of carbonyl (C=O) groups excluding carboxylic acids is 1. The molecule has 1 fully saturated rings. The van der Waals surface area contributed by atoms with Crippen LogP contribution in [-0.4, -0.2) is 23.0 Å². The minimum absolute atomic E-state index is 0.0290. The molecular formula is C12H21NO3. The van der Waals surface area contributed by atoms with Gasteiger partial charge in [0.05, 0.1) is 5.92 Å². The number of amides is 1. The molecule has 0 radical (unpaired) electrons. The van der Waals surface area contributed by atoms with Crippen LogP contribution in [0.1, 0.15) is 40.5 Å². The van der Waals surface area contributed by atoms with E-state index in [1.165, 1.54) is 0 Å². The number of hydrogen-bond acceptors (Lipinski definition) is 2. The van der Waals surface area contributed by atoms with E-state index in [0.29, 0.717) is 12.8 Å². The van der Waals surface area contributed by atoms with Crippen LogP contribution in [0.3, 0.4) is 0 Å². The molecule has 4 nitrogen and oxygen atoms in total. The molecule has 1 amide bonds. The first-order chi connectivity index (χ1) is 7.21. The molecule has 1 aliphatic rings. The molecule has 0 spiro atoms. The Labute approximate surface area is 96.4 Å². The van der Waals surface area contributed by atoms with Gasteiger partial charge in [-0.15, -0.1) is 0 Å². The third kappa shape index (κ3) is 2.97. The monoisotopic (exact) mass is 227 g/mol. The second kappa shape index (κ2) is 4.44. The molecule has 4 heteroatoms. The Kier molecular flexibility index (Phi) is 3.61. The summed E-state index contributed by atoms with van der Waals surface area (Å²) in [6.07, 6.45) is 1.13. The van der Waals surface area contributed by atoms with Crippen molar-refractivity contribution < 1.29 is 14.7 Å². The molecule has 0 heterocycles. The van der Waals surface area contributed by atoms with Crippen LogP contribution in [0.2, 0.25) is 0 Å². The molecule has 0 aromatic heterocycles. The Morgan fingerprint density at radius 3 is 2.19 bits per heavy atom. The largest absolute Gasteiger partial charge is 0.481 e. The van der Waals surface area contributed by atoms with E-state index >= 15 is 0 Å². The van der Waals surface area contributed by atoms with Gasteiger partial charge in [-0.3, -0.25) is 9.59 Å². The fraction of sp³-hybridized carbons (Fsp3) is 0.833. The van der Waals surface area contributed by atoms with Crippen LogP contribution in [0.25, 0.3) is 0 Å². The van der Waals surface area contributed by atoms with Crippen LogP contribution in [0.4, 0.5) is 0 Å². The number of carboxylic acid groups (broad SMARTS) is 1. The van der Waals surface area contributed by atoms with Crippen molar-refractivity contribution >= 4 is 11.9 Å². The van der Waals surface area contributed by atoms with Gasteiger partial charge >= 0.3 is 5.97 Å². The number of rotatable bonds is 3. The highest BCUT2D eigenvalue weighted by Crippen LogP contribution is 2.30. The molecular weight excluding hydrogens is 206 g/mol. The summed E-state index contributed by atoms with van der Waals surface area (Å²) < 4.78 is 0. The summed E-state index contributed by atoms with van der Waals surface area (Å²) in [6, 6.07) is 0.0541. The quantitative estimate of drug-likeness (QED) is 0.770. The molecule has 0 bridgehead atoms. The lowest BCUT2D eigenvalue weighted by Crippen LogP contribution is -2.49. The minimum atomic E-state index is -0.755. The van der Waals surface area contributed by atoms with Gasteiger partial charge in [0, 0.05) is 12.0 Å². The molecule has 0 aromatic rings. The van der Waals surface area contributed by atoms with E-state index < -0.39 is 5.97 Å². The molecule has 2 N–H and O–H groups in total. The minimum Gasteiger partial charge on any atom is -0.481 e. The van der Waals surface area contributed by atoms with Gasteiger partial charge in [0.1, 0.15) is 0 Å². The number of carboxylic acids is 1. The Morgan fingerprint density at radius 2 is 1.81 bits per heavy atom. The fourth-order valence-corrected chi connectivity index (χ4v) is 1.66. The second-order valence-electron chi connectivity index (χ2n) is 5.80. The molecule has 92 valence electrons. The topological polar surface area (TPSA) is 66.4 Å². The first kappa shape index (κ1) is 13.0. The highest BCUT2D eigenvalue weighted by molar-refractivity contribution is 5.80. The zero-order valence-electron chi connectivity index (χ0n) is 10.4. The number of nitrogens with one attached hydrogen (secondary N) is 1. The normalized spacial score (nSPS) is 26.8. The van der Waals surface area contributed by atoms with Crippen LogP contribution in [0.15, 0.2) is 0 Å². The molecule has 16 heavy (non-hydrogen) atoms. The molecule has 1 rings (SSSR count). The predicted octanol–water partition coefficient (Wildman–Crippen LogP) is 1.65. The highest BCUT2D eigenvalue weighted by Gasteiger charge is 2.37. The van der Waals surface area contributed by atoms with Gasteiger partial charge in [-0.05, 0) is 18.3 Å². The Hall–Kier alpha value is -1.06. The van der Waals surface area contributed by atoms with Gasteiger partial charge in [0.15, 0.2) is 0 Å². The maximum atomic E-state index is 11.8. The molecule has 1 atom stereocenters. The molecule has 1 saturated carbocycles. The van der Waals surface area contributed by atoms with Crippen molar-refractivity contribution in [1.29, 1.82) is 0 Å². The average molecular weight is 227 g/mol. The predicted molar refractivity (Wildman–Crippen MR) is 60.9 cm³/mol. The van der Waals surface area contributed by atoms with Crippen molar-refractivity contribution in [1.82, 2.24) is 5.32 Å². The lowest BCUT2D eigenvalue weighted by atomic mass is 9.78. The van der Waals surface area contributed by atoms with Crippen LogP contribution in [-0.2, 0) is 9.59 Å². The second-order valence-corrected chi connectivity index (χ2v) is 5.80. The van der Waals surface area contributed by atoms with Crippen molar-refractivity contribution in [2.24, 2.45) is 17.3 Å². The zero-order chi connectivity index (χ0) is 12.5. The summed E-state index contributed by atoms with van der Waals surface area (Å²) >= 11 is 0. The van der Waals surface area contributed by atoms with Gasteiger partial charge in [-0.25, -0.2) is 0 Å². The third-order valence-corrected chi connectivity index (χ3v) is 3.53. The third-order valence-electron chi connectivity index (χ3n) is 3.53. The standard InChI is InChI=1S/C12H21NO3/c1-7(12(2,3)4)10(14)13-9-5-8(6-9)11(15)16/h7-9H,5-6H2,1-4H3,(H,13,14)(H,15,16). The lowest BCUT2D eigenvalue weighted by Gasteiger charge is -2.35. The molecule has 0 aromatic carbocycles. The van der Waals surface area contributed by atoms with E-state index in [1.807, 2.05) is 27.7 Å². The maximum absolute atomic E-state index is 11.8. The van der Waals surface area contributed by atoms with E-state index in [9.17, 15) is 9.59 Å². The van der Waals surface area contributed by atoms with Gasteiger partial charge in [0.25, 0.3) is 0 Å². The van der Waals surface area contributed by atoms with Crippen molar-refractivity contribution in [3.8, 4) is 0 Å². The molecule has 0 saturated heterocycles. The van der Waals surface area contributed by atoms with Crippen molar-refractivity contribution in [2.75, 3.05) is 0 Å². The van der Waals surface area contributed by atoms with Crippen LogP contribution in [0.5, 0.6) is 0 Å². The Morgan fingerprint density at radius 1 is 1.31 bits per heavy atom. The van der Waals surface area contributed by atoms with E-state index in [1.54, 1.807) is 0 Å². The Balaban J connectivity index is 2.35. The van der Waals surface area contributed by atoms with E-state index in [2.05, 4.69) is 5.32 Å². The van der Waals surface area contributed by atoms with Gasteiger partial charge in [-0.2, -0.15) is 0 Å². The first-order valence-corrected chi connectivity index (χ1v) is 5.75. The fourth-order valence-electron chi connectivity index (χ4n) is 1.66. The SMILES string of the molecule is CC(C(=O)NC1CC(C(=O)O)C1)C(C)(C)C. The van der Waals surface area contributed by atoms with Gasteiger partial charge < -0.3 is 10.4 Å². The summed E-state index contributed by atoms with van der Waals surface area (Å²) in [5, 5.41) is 11.6. The van der Waals surface area contributed by atoms with Crippen LogP contribution >= 0.6 is 0 Å². The summed E-state index contributed by atoms with van der Waals surface area (Å²) in [6.45, 7) is 7.98. The van der Waals surface area contributed by atoms with Crippen LogP contribution in [0, 0.1) is 17.3 Å². The van der Waals surface area contributed by atoms with Crippen molar-refractivity contribution in [2.45, 2.75) is 46.6 Å². The van der Waals surface area contributed by atoms with E-state index in [4.69, 9.17) is 5.11 Å². The van der Waals surface area contributed by atoms with E-state index in [-0.39, 0.29) is 29.2 Å². The number of hydrogen-bond donors (Lipinski definition) is 2. The van der Waals surface area contributed by atoms with Crippen molar-refractivity contribution in [3.05, 3.63) is 0 Å². The Bertz CT molecular complexity index is 287. The summed E-state index contributed by atoms with van der Waals surface area (Å²) in [7, 11) is 0. The van der Waals surface area contributed by atoms with Gasteiger partial charge in [-0.1, -0.05) is 27.7 Å². The smallest absolute Gasteiger partial charge is 0.306 e. The molecule has 1 aliphatic carbocycles. The number of aliphatic carboxylic acids is 1.